The molecule has 0 spiro atoms. The number of aromatic nitrogens is 1. The molecule has 0 saturated carbocycles. The molecular weight excluding hydrogens is 376 g/mol. The summed E-state index contributed by atoms with van der Waals surface area (Å²) in [5.74, 6) is -0.288. The van der Waals surface area contributed by atoms with Crippen LogP contribution < -0.4 is 5.32 Å². The van der Waals surface area contributed by atoms with Gasteiger partial charge in [0.2, 0.25) is 0 Å². The van der Waals surface area contributed by atoms with Crippen molar-refractivity contribution in [2.45, 2.75) is 39.2 Å². The molecule has 2 atom stereocenters. The van der Waals surface area contributed by atoms with Gasteiger partial charge in [0.25, 0.3) is 5.91 Å². The Labute approximate surface area is 176 Å². The number of hydrogen-bond acceptors (Lipinski definition) is 4. The molecule has 154 valence electrons. The number of hydrogen-bond donors (Lipinski definition) is 1. The second-order valence-corrected chi connectivity index (χ2v) is 8.05. The third-order valence-electron chi connectivity index (χ3n) is 5.72. The first-order chi connectivity index (χ1) is 14.5. The lowest BCUT2D eigenvalue weighted by Crippen LogP contribution is -2.31. The Bertz CT molecular complexity index is 1080. The monoisotopic (exact) mass is 402 g/mol. The molecule has 30 heavy (non-hydrogen) atoms. The molecule has 0 unspecified atom stereocenters. The Hall–Kier alpha value is -3.21. The molecule has 4 rings (SSSR count). The van der Waals surface area contributed by atoms with Gasteiger partial charge < -0.3 is 10.1 Å². The number of ether oxygens (including phenoxy) is 1. The molecule has 1 aromatic heterocycles. The number of carbonyl (C=O) groups is 2. The van der Waals surface area contributed by atoms with E-state index in [2.05, 4.69) is 12.2 Å². The Balaban J connectivity index is 1.52. The van der Waals surface area contributed by atoms with E-state index in [1.165, 1.54) is 0 Å². The Morgan fingerprint density at radius 1 is 1.13 bits per heavy atom. The number of amides is 1. The Morgan fingerprint density at radius 2 is 1.87 bits per heavy atom. The third kappa shape index (κ3) is 4.20. The summed E-state index contributed by atoms with van der Waals surface area (Å²) < 4.78 is 5.46. The Morgan fingerprint density at radius 3 is 2.67 bits per heavy atom. The van der Waals surface area contributed by atoms with Gasteiger partial charge in [0.1, 0.15) is 0 Å². The zero-order valence-corrected chi connectivity index (χ0v) is 17.4. The average Bonchev–Trinajstić information content (AvgIpc) is 2.76. The van der Waals surface area contributed by atoms with E-state index in [4.69, 9.17) is 9.72 Å². The zero-order chi connectivity index (χ0) is 21.1. The predicted octanol–water partition coefficient (Wildman–Crippen LogP) is 4.39. The first-order valence-corrected chi connectivity index (χ1v) is 10.4. The highest BCUT2D eigenvalue weighted by molar-refractivity contribution is 6.05. The SMILES string of the molecule is C[C@@H]1CCc2nc3ccccc3c(C(=O)OCC(=O)N[C@H](C)c3ccccc3)c2C1. The van der Waals surface area contributed by atoms with Crippen LogP contribution in [-0.2, 0) is 22.4 Å². The van der Waals surface area contributed by atoms with Crippen molar-refractivity contribution in [2.24, 2.45) is 5.92 Å². The molecule has 1 aliphatic carbocycles. The highest BCUT2D eigenvalue weighted by Gasteiger charge is 2.26. The van der Waals surface area contributed by atoms with Gasteiger partial charge in [-0.1, -0.05) is 55.5 Å². The average molecular weight is 402 g/mol. The molecule has 2 aromatic carbocycles. The van der Waals surface area contributed by atoms with Crippen LogP contribution in [0.5, 0.6) is 0 Å². The van der Waals surface area contributed by atoms with Crippen LogP contribution in [-0.4, -0.2) is 23.5 Å². The third-order valence-corrected chi connectivity index (χ3v) is 5.72. The standard InChI is InChI=1S/C25H26N2O3/c1-16-12-13-22-20(14-16)24(19-10-6-7-11-21(19)27-22)25(29)30-15-23(28)26-17(2)18-8-4-3-5-9-18/h3-11,16-17H,12-15H2,1-2H3,(H,26,28)/t16-,17-/m1/s1. The van der Waals surface area contributed by atoms with Crippen molar-refractivity contribution < 1.29 is 14.3 Å². The van der Waals surface area contributed by atoms with Crippen LogP contribution in [0.1, 0.15) is 53.5 Å². The summed E-state index contributed by atoms with van der Waals surface area (Å²) in [7, 11) is 0. The largest absolute Gasteiger partial charge is 0.452 e. The van der Waals surface area contributed by atoms with Gasteiger partial charge in [-0.15, -0.1) is 0 Å². The highest BCUT2D eigenvalue weighted by Crippen LogP contribution is 2.32. The Kier molecular flexibility index (Phi) is 5.79. The van der Waals surface area contributed by atoms with Crippen LogP contribution in [0.2, 0.25) is 0 Å². The second kappa shape index (κ2) is 8.66. The molecule has 0 bridgehead atoms. The topological polar surface area (TPSA) is 68.3 Å². The van der Waals surface area contributed by atoms with E-state index in [9.17, 15) is 9.59 Å². The molecule has 0 saturated heterocycles. The minimum absolute atomic E-state index is 0.159. The number of para-hydroxylation sites is 1. The van der Waals surface area contributed by atoms with Gasteiger partial charge in [-0.3, -0.25) is 9.78 Å². The van der Waals surface area contributed by atoms with Gasteiger partial charge in [-0.2, -0.15) is 0 Å². The smallest absolute Gasteiger partial charge is 0.339 e. The van der Waals surface area contributed by atoms with E-state index in [-0.39, 0.29) is 18.6 Å². The number of pyridine rings is 1. The molecule has 5 nitrogen and oxygen atoms in total. The fraction of sp³-hybridized carbons (Fsp3) is 0.320. The highest BCUT2D eigenvalue weighted by atomic mass is 16.5. The molecule has 5 heteroatoms. The number of benzene rings is 2. The minimum Gasteiger partial charge on any atom is -0.452 e. The molecule has 0 aliphatic heterocycles. The first kappa shape index (κ1) is 20.1. The van der Waals surface area contributed by atoms with Gasteiger partial charge in [0.15, 0.2) is 6.61 Å². The van der Waals surface area contributed by atoms with Crippen LogP contribution in [0.25, 0.3) is 10.9 Å². The molecule has 0 radical (unpaired) electrons. The predicted molar refractivity (Wildman–Crippen MR) is 116 cm³/mol. The van der Waals surface area contributed by atoms with Gasteiger partial charge in [-0.25, -0.2) is 4.79 Å². The molecule has 1 amide bonds. The number of nitrogens with one attached hydrogen (secondary N) is 1. The summed E-state index contributed by atoms with van der Waals surface area (Å²) in [5, 5.41) is 3.67. The van der Waals surface area contributed by atoms with E-state index < -0.39 is 5.97 Å². The lowest BCUT2D eigenvalue weighted by molar-refractivity contribution is -0.124. The molecular formula is C25H26N2O3. The number of aryl methyl sites for hydroxylation is 1. The van der Waals surface area contributed by atoms with Crippen molar-refractivity contribution in [3.8, 4) is 0 Å². The van der Waals surface area contributed by atoms with Crippen LogP contribution >= 0.6 is 0 Å². The summed E-state index contributed by atoms with van der Waals surface area (Å²) >= 11 is 0. The van der Waals surface area contributed by atoms with Crippen molar-refractivity contribution in [3.05, 3.63) is 77.0 Å². The quantitative estimate of drug-likeness (QED) is 0.643. The van der Waals surface area contributed by atoms with E-state index >= 15 is 0 Å². The van der Waals surface area contributed by atoms with Crippen molar-refractivity contribution in [3.63, 3.8) is 0 Å². The molecule has 0 fully saturated rings. The number of carbonyl (C=O) groups excluding carboxylic acids is 2. The van der Waals surface area contributed by atoms with Crippen molar-refractivity contribution in [1.82, 2.24) is 10.3 Å². The van der Waals surface area contributed by atoms with Crippen molar-refractivity contribution in [2.75, 3.05) is 6.61 Å². The van der Waals surface area contributed by atoms with Crippen molar-refractivity contribution >= 4 is 22.8 Å². The minimum atomic E-state index is -0.457. The molecule has 1 heterocycles. The van der Waals surface area contributed by atoms with Crippen LogP contribution in [0.3, 0.4) is 0 Å². The maximum Gasteiger partial charge on any atom is 0.339 e. The summed E-state index contributed by atoms with van der Waals surface area (Å²) in [6, 6.07) is 17.2. The van der Waals surface area contributed by atoms with Gasteiger partial charge >= 0.3 is 5.97 Å². The summed E-state index contributed by atoms with van der Waals surface area (Å²) in [6.07, 6.45) is 2.72. The second-order valence-electron chi connectivity index (χ2n) is 8.05. The van der Waals surface area contributed by atoms with E-state index in [1.807, 2.05) is 61.5 Å². The van der Waals surface area contributed by atoms with E-state index in [0.29, 0.717) is 11.5 Å². The lowest BCUT2D eigenvalue weighted by Gasteiger charge is -2.24. The van der Waals surface area contributed by atoms with Crippen LogP contribution in [0, 0.1) is 5.92 Å². The van der Waals surface area contributed by atoms with Crippen LogP contribution in [0.4, 0.5) is 0 Å². The maximum atomic E-state index is 13.1. The van der Waals surface area contributed by atoms with Gasteiger partial charge in [0, 0.05) is 11.1 Å². The number of nitrogens with zero attached hydrogens (tertiary/aromatic N) is 1. The summed E-state index contributed by atoms with van der Waals surface area (Å²) in [5.41, 5.74) is 4.29. The first-order valence-electron chi connectivity index (χ1n) is 10.4. The fourth-order valence-electron chi connectivity index (χ4n) is 4.11. The number of rotatable bonds is 5. The lowest BCUT2D eigenvalue weighted by atomic mass is 9.84. The van der Waals surface area contributed by atoms with Gasteiger partial charge in [0.05, 0.1) is 17.1 Å². The van der Waals surface area contributed by atoms with E-state index in [0.717, 1.165) is 47.0 Å². The number of fused-ring (bicyclic) bond motifs is 2. The molecule has 1 N–H and O–H groups in total. The number of esters is 1. The normalized spacial score (nSPS) is 16.5. The van der Waals surface area contributed by atoms with Crippen molar-refractivity contribution in [1.29, 1.82) is 0 Å². The summed E-state index contributed by atoms with van der Waals surface area (Å²) in [4.78, 5) is 30.2. The maximum absolute atomic E-state index is 13.1. The van der Waals surface area contributed by atoms with Crippen LogP contribution in [0.15, 0.2) is 54.6 Å². The summed E-state index contributed by atoms with van der Waals surface area (Å²) in [6.45, 7) is 3.78. The zero-order valence-electron chi connectivity index (χ0n) is 17.4. The fourth-order valence-corrected chi connectivity index (χ4v) is 4.11. The van der Waals surface area contributed by atoms with E-state index in [1.54, 1.807) is 0 Å². The van der Waals surface area contributed by atoms with Gasteiger partial charge in [-0.05, 0) is 49.3 Å². The molecule has 3 aromatic rings. The molecule has 1 aliphatic rings.